The van der Waals surface area contributed by atoms with E-state index in [2.05, 4.69) is 24.4 Å². The van der Waals surface area contributed by atoms with Crippen molar-refractivity contribution in [2.75, 3.05) is 12.4 Å². The smallest absolute Gasteiger partial charge is 0.228 e. The van der Waals surface area contributed by atoms with Crippen molar-refractivity contribution in [2.45, 2.75) is 26.2 Å². The van der Waals surface area contributed by atoms with E-state index in [0.29, 0.717) is 6.42 Å². The number of nitrogens with one attached hydrogen (secondary N) is 1. The van der Waals surface area contributed by atoms with Gasteiger partial charge < -0.3 is 10.1 Å². The molecule has 21 heavy (non-hydrogen) atoms. The third kappa shape index (κ3) is 4.35. The number of carbonyl (C=O) groups is 1. The Balaban J connectivity index is 1.98. The molecule has 2 aromatic rings. The highest BCUT2D eigenvalue weighted by atomic mass is 16.5. The van der Waals surface area contributed by atoms with Crippen LogP contribution in [0.1, 0.15) is 24.5 Å². The van der Waals surface area contributed by atoms with Crippen molar-refractivity contribution in [2.24, 2.45) is 0 Å². The van der Waals surface area contributed by atoms with Crippen LogP contribution in [0.15, 0.2) is 48.5 Å². The molecule has 0 fully saturated rings. The van der Waals surface area contributed by atoms with E-state index in [-0.39, 0.29) is 5.91 Å². The number of ether oxygens (including phenoxy) is 1. The van der Waals surface area contributed by atoms with E-state index in [1.807, 2.05) is 36.4 Å². The van der Waals surface area contributed by atoms with Gasteiger partial charge in [0.1, 0.15) is 5.75 Å². The van der Waals surface area contributed by atoms with Crippen molar-refractivity contribution in [1.82, 2.24) is 0 Å². The van der Waals surface area contributed by atoms with Crippen LogP contribution in [0.3, 0.4) is 0 Å². The Morgan fingerprint density at radius 1 is 1.10 bits per heavy atom. The lowest BCUT2D eigenvalue weighted by Crippen LogP contribution is -2.14. The summed E-state index contributed by atoms with van der Waals surface area (Å²) in [6, 6.07) is 15.6. The van der Waals surface area contributed by atoms with Crippen molar-refractivity contribution < 1.29 is 9.53 Å². The van der Waals surface area contributed by atoms with Crippen LogP contribution >= 0.6 is 0 Å². The number of aryl methyl sites for hydroxylation is 1. The molecule has 1 N–H and O–H groups in total. The van der Waals surface area contributed by atoms with E-state index in [1.165, 1.54) is 5.56 Å². The van der Waals surface area contributed by atoms with E-state index < -0.39 is 0 Å². The lowest BCUT2D eigenvalue weighted by molar-refractivity contribution is -0.115. The van der Waals surface area contributed by atoms with Gasteiger partial charge in [-0.1, -0.05) is 43.7 Å². The summed E-state index contributed by atoms with van der Waals surface area (Å²) in [5.41, 5.74) is 3.01. The van der Waals surface area contributed by atoms with Crippen LogP contribution in [0.25, 0.3) is 0 Å². The Hall–Kier alpha value is -2.29. The highest BCUT2D eigenvalue weighted by molar-refractivity contribution is 5.92. The molecule has 3 nitrogen and oxygen atoms in total. The predicted molar refractivity (Wildman–Crippen MR) is 85.8 cm³/mol. The Morgan fingerprint density at radius 2 is 1.81 bits per heavy atom. The number of para-hydroxylation sites is 1. The van der Waals surface area contributed by atoms with Gasteiger partial charge >= 0.3 is 0 Å². The van der Waals surface area contributed by atoms with Crippen LogP contribution in [0.5, 0.6) is 5.75 Å². The van der Waals surface area contributed by atoms with Gasteiger partial charge in [-0.25, -0.2) is 0 Å². The minimum absolute atomic E-state index is 0.0391. The fraction of sp³-hybridized carbons (Fsp3) is 0.278. The van der Waals surface area contributed by atoms with Crippen LogP contribution in [-0.4, -0.2) is 13.0 Å². The Morgan fingerprint density at radius 3 is 2.48 bits per heavy atom. The highest BCUT2D eigenvalue weighted by Crippen LogP contribution is 2.18. The fourth-order valence-electron chi connectivity index (χ4n) is 2.27. The molecule has 1 amide bonds. The summed E-state index contributed by atoms with van der Waals surface area (Å²) in [4.78, 5) is 12.1. The van der Waals surface area contributed by atoms with E-state index >= 15 is 0 Å². The highest BCUT2D eigenvalue weighted by Gasteiger charge is 2.08. The van der Waals surface area contributed by atoms with Crippen molar-refractivity contribution in [3.8, 4) is 5.75 Å². The fourth-order valence-corrected chi connectivity index (χ4v) is 2.27. The molecule has 0 spiro atoms. The number of anilines is 1. The first-order valence-corrected chi connectivity index (χ1v) is 7.23. The molecule has 0 aliphatic rings. The third-order valence-electron chi connectivity index (χ3n) is 3.32. The molecular weight excluding hydrogens is 262 g/mol. The summed E-state index contributed by atoms with van der Waals surface area (Å²) >= 11 is 0. The summed E-state index contributed by atoms with van der Waals surface area (Å²) in [6.45, 7) is 2.16. The maximum absolute atomic E-state index is 12.1. The molecule has 0 saturated carbocycles. The van der Waals surface area contributed by atoms with Crippen molar-refractivity contribution in [3.63, 3.8) is 0 Å². The van der Waals surface area contributed by atoms with Gasteiger partial charge in [0, 0.05) is 11.3 Å². The summed E-state index contributed by atoms with van der Waals surface area (Å²) in [5.74, 6) is 0.702. The van der Waals surface area contributed by atoms with Gasteiger partial charge in [0.05, 0.1) is 13.5 Å². The van der Waals surface area contributed by atoms with Gasteiger partial charge in [-0.05, 0) is 30.2 Å². The van der Waals surface area contributed by atoms with E-state index in [9.17, 15) is 4.79 Å². The van der Waals surface area contributed by atoms with Crippen LogP contribution in [-0.2, 0) is 17.6 Å². The van der Waals surface area contributed by atoms with Gasteiger partial charge in [0.15, 0.2) is 0 Å². The lowest BCUT2D eigenvalue weighted by Gasteiger charge is -2.09. The van der Waals surface area contributed by atoms with Gasteiger partial charge in [-0.2, -0.15) is 0 Å². The Bertz CT molecular complexity index is 590. The zero-order valence-corrected chi connectivity index (χ0v) is 12.6. The average molecular weight is 283 g/mol. The van der Waals surface area contributed by atoms with Crippen LogP contribution in [0.4, 0.5) is 5.69 Å². The molecule has 0 heterocycles. The number of methoxy groups -OCH3 is 1. The first-order valence-electron chi connectivity index (χ1n) is 7.23. The second-order valence-electron chi connectivity index (χ2n) is 4.98. The molecule has 0 atom stereocenters. The summed E-state index contributed by atoms with van der Waals surface area (Å²) < 4.78 is 5.26. The molecule has 2 rings (SSSR count). The van der Waals surface area contributed by atoms with Crippen molar-refractivity contribution >= 4 is 11.6 Å². The minimum Gasteiger partial charge on any atom is -0.496 e. The van der Waals surface area contributed by atoms with E-state index in [1.54, 1.807) is 7.11 Å². The number of hydrogen-bond donors (Lipinski definition) is 1. The molecule has 0 aromatic heterocycles. The van der Waals surface area contributed by atoms with Gasteiger partial charge in [-0.15, -0.1) is 0 Å². The largest absolute Gasteiger partial charge is 0.496 e. The minimum atomic E-state index is -0.0391. The first kappa shape index (κ1) is 15.1. The Kier molecular flexibility index (Phi) is 5.38. The molecule has 110 valence electrons. The maximum atomic E-state index is 12.1. The molecule has 2 aromatic carbocycles. The molecule has 3 heteroatoms. The zero-order valence-electron chi connectivity index (χ0n) is 12.6. The van der Waals surface area contributed by atoms with Crippen molar-refractivity contribution in [1.29, 1.82) is 0 Å². The number of benzene rings is 2. The van der Waals surface area contributed by atoms with Crippen LogP contribution < -0.4 is 10.1 Å². The monoisotopic (exact) mass is 283 g/mol. The van der Waals surface area contributed by atoms with Gasteiger partial charge in [0.25, 0.3) is 0 Å². The van der Waals surface area contributed by atoms with E-state index in [4.69, 9.17) is 4.74 Å². The molecule has 0 radical (unpaired) electrons. The average Bonchev–Trinajstić information content (AvgIpc) is 2.50. The molecule has 0 aliphatic heterocycles. The second-order valence-corrected chi connectivity index (χ2v) is 4.98. The van der Waals surface area contributed by atoms with E-state index in [0.717, 1.165) is 29.8 Å². The predicted octanol–water partition coefficient (Wildman–Crippen LogP) is 3.83. The summed E-state index contributed by atoms with van der Waals surface area (Å²) in [6.07, 6.45) is 2.50. The summed E-state index contributed by atoms with van der Waals surface area (Å²) in [7, 11) is 1.61. The molecule has 0 bridgehead atoms. The van der Waals surface area contributed by atoms with Gasteiger partial charge in [-0.3, -0.25) is 4.79 Å². The molecule has 0 unspecified atom stereocenters. The SMILES string of the molecule is CCCc1ccc(NC(=O)Cc2ccccc2OC)cc1. The number of carbonyl (C=O) groups excluding carboxylic acids is 1. The number of hydrogen-bond acceptors (Lipinski definition) is 2. The maximum Gasteiger partial charge on any atom is 0.228 e. The Labute approximate surface area is 126 Å². The van der Waals surface area contributed by atoms with Crippen LogP contribution in [0.2, 0.25) is 0 Å². The number of amides is 1. The molecule has 0 saturated heterocycles. The van der Waals surface area contributed by atoms with Crippen molar-refractivity contribution in [3.05, 3.63) is 59.7 Å². The molecule has 0 aliphatic carbocycles. The second kappa shape index (κ2) is 7.48. The molecular formula is C18H21NO2. The van der Waals surface area contributed by atoms with Crippen LogP contribution in [0, 0.1) is 0 Å². The zero-order chi connectivity index (χ0) is 15.1. The quantitative estimate of drug-likeness (QED) is 0.875. The third-order valence-corrected chi connectivity index (χ3v) is 3.32. The number of rotatable bonds is 6. The normalized spacial score (nSPS) is 10.2. The topological polar surface area (TPSA) is 38.3 Å². The first-order chi connectivity index (χ1) is 10.2. The summed E-state index contributed by atoms with van der Waals surface area (Å²) in [5, 5.41) is 2.92. The standard InChI is InChI=1S/C18H21NO2/c1-3-6-14-9-11-16(12-10-14)19-18(20)13-15-7-4-5-8-17(15)21-2/h4-5,7-12H,3,6,13H2,1-2H3,(H,19,20). The lowest BCUT2D eigenvalue weighted by atomic mass is 10.1. The van der Waals surface area contributed by atoms with Gasteiger partial charge in [0.2, 0.25) is 5.91 Å².